The predicted octanol–water partition coefficient (Wildman–Crippen LogP) is 3.89. The average molecular weight is 381 g/mol. The number of nitriles is 1. The predicted molar refractivity (Wildman–Crippen MR) is 110 cm³/mol. The number of carbonyl (C=O) groups excluding carboxylic acids is 1. The molecule has 2 aromatic carbocycles. The van der Waals surface area contributed by atoms with E-state index in [1.807, 2.05) is 53.5 Å². The van der Waals surface area contributed by atoms with E-state index >= 15 is 0 Å². The van der Waals surface area contributed by atoms with Gasteiger partial charge in [0.25, 0.3) is 5.91 Å². The Labute approximate surface area is 167 Å². The summed E-state index contributed by atoms with van der Waals surface area (Å²) in [6, 6.07) is 19.2. The van der Waals surface area contributed by atoms with Crippen LogP contribution in [-0.2, 0) is 5.54 Å². The van der Waals surface area contributed by atoms with Crippen LogP contribution in [0.2, 0.25) is 0 Å². The number of carbonyl (C=O) groups is 1. The van der Waals surface area contributed by atoms with Crippen molar-refractivity contribution in [1.82, 2.24) is 20.1 Å². The number of fused-ring (bicyclic) bond motifs is 1. The second kappa shape index (κ2) is 6.35. The molecule has 0 saturated heterocycles. The molecular weight excluding hydrogens is 362 g/mol. The van der Waals surface area contributed by atoms with Crippen LogP contribution < -0.4 is 5.32 Å². The lowest BCUT2D eigenvalue weighted by molar-refractivity contribution is 0.0923. The van der Waals surface area contributed by atoms with Gasteiger partial charge in [-0.2, -0.15) is 10.4 Å². The molecule has 2 unspecified atom stereocenters. The Morgan fingerprint density at radius 3 is 2.79 bits per heavy atom. The van der Waals surface area contributed by atoms with Gasteiger partial charge in [0.2, 0.25) is 0 Å². The highest BCUT2D eigenvalue weighted by molar-refractivity contribution is 5.98. The quantitative estimate of drug-likeness (QED) is 0.562. The fourth-order valence-electron chi connectivity index (χ4n) is 3.94. The van der Waals surface area contributed by atoms with E-state index in [0.29, 0.717) is 17.2 Å². The van der Waals surface area contributed by atoms with Crippen molar-refractivity contribution < 1.29 is 4.79 Å². The van der Waals surface area contributed by atoms with Crippen LogP contribution in [0, 0.1) is 17.2 Å². The minimum atomic E-state index is -0.404. The smallest absolute Gasteiger partial charge is 0.268 e. The Hall–Kier alpha value is -3.85. The number of hydrogen-bond donors (Lipinski definition) is 2. The van der Waals surface area contributed by atoms with Crippen molar-refractivity contribution >= 4 is 16.8 Å². The highest BCUT2D eigenvalue weighted by Crippen LogP contribution is 2.51. The van der Waals surface area contributed by atoms with Crippen molar-refractivity contribution in [2.45, 2.75) is 18.9 Å². The first-order valence-electron chi connectivity index (χ1n) is 9.55. The number of H-pyrrole nitrogens is 1. The van der Waals surface area contributed by atoms with Gasteiger partial charge in [0, 0.05) is 22.7 Å². The third-order valence-corrected chi connectivity index (χ3v) is 5.76. The number of amides is 1. The molecule has 0 bridgehead atoms. The van der Waals surface area contributed by atoms with Crippen LogP contribution in [0.25, 0.3) is 16.6 Å². The molecule has 29 heavy (non-hydrogen) atoms. The van der Waals surface area contributed by atoms with Gasteiger partial charge < -0.3 is 10.3 Å². The summed E-state index contributed by atoms with van der Waals surface area (Å²) in [6.07, 6.45) is 4.70. The van der Waals surface area contributed by atoms with Gasteiger partial charge in [-0.05, 0) is 48.7 Å². The molecular formula is C23H19N5O. The van der Waals surface area contributed by atoms with Gasteiger partial charge in [-0.15, -0.1) is 0 Å². The zero-order valence-electron chi connectivity index (χ0n) is 15.9. The molecule has 6 nitrogen and oxygen atoms in total. The van der Waals surface area contributed by atoms with E-state index in [2.05, 4.69) is 28.4 Å². The minimum Gasteiger partial charge on any atom is -0.351 e. The molecule has 1 aliphatic carbocycles. The lowest BCUT2D eigenvalue weighted by Crippen LogP contribution is -2.36. The molecule has 0 radical (unpaired) electrons. The van der Waals surface area contributed by atoms with Crippen LogP contribution in [0.1, 0.15) is 35.0 Å². The third-order valence-electron chi connectivity index (χ3n) is 5.76. The zero-order valence-corrected chi connectivity index (χ0v) is 15.9. The molecule has 1 fully saturated rings. The summed E-state index contributed by atoms with van der Waals surface area (Å²) in [6.45, 7) is 2.13. The molecule has 5 rings (SSSR count). The van der Waals surface area contributed by atoms with E-state index in [4.69, 9.17) is 5.26 Å². The van der Waals surface area contributed by atoms with E-state index in [-0.39, 0.29) is 5.91 Å². The third kappa shape index (κ3) is 2.88. The SMILES string of the molecule is CC1CC1(NC(=O)c1cc2cc(C#N)ccc2[nH]1)c1cnn(-c2ccccc2)c1. The maximum absolute atomic E-state index is 13.0. The molecule has 2 N–H and O–H groups in total. The number of aromatic nitrogens is 3. The summed E-state index contributed by atoms with van der Waals surface area (Å²) in [5, 5.41) is 17.6. The lowest BCUT2D eigenvalue weighted by atomic mass is 10.1. The second-order valence-electron chi connectivity index (χ2n) is 7.64. The Balaban J connectivity index is 1.42. The molecule has 2 heterocycles. The molecule has 1 saturated carbocycles. The Morgan fingerprint density at radius 1 is 1.28 bits per heavy atom. The summed E-state index contributed by atoms with van der Waals surface area (Å²) in [5.74, 6) is 0.172. The van der Waals surface area contributed by atoms with E-state index in [0.717, 1.165) is 28.6 Å². The number of aromatic amines is 1. The van der Waals surface area contributed by atoms with Gasteiger partial charge in [-0.1, -0.05) is 25.1 Å². The van der Waals surface area contributed by atoms with Crippen LogP contribution in [0.5, 0.6) is 0 Å². The first-order valence-corrected chi connectivity index (χ1v) is 9.55. The second-order valence-corrected chi connectivity index (χ2v) is 7.64. The van der Waals surface area contributed by atoms with Gasteiger partial charge in [-0.3, -0.25) is 4.79 Å². The Kier molecular flexibility index (Phi) is 3.78. The molecule has 142 valence electrons. The van der Waals surface area contributed by atoms with Crippen molar-refractivity contribution in [1.29, 1.82) is 5.26 Å². The number of nitrogens with zero attached hydrogens (tertiary/aromatic N) is 3. The molecule has 1 aliphatic rings. The van der Waals surface area contributed by atoms with Gasteiger partial charge in [0.05, 0.1) is 29.1 Å². The van der Waals surface area contributed by atoms with Crippen molar-refractivity contribution in [3.05, 3.63) is 83.8 Å². The average Bonchev–Trinajstić information content (AvgIpc) is 3.13. The van der Waals surface area contributed by atoms with Crippen molar-refractivity contribution in [3.8, 4) is 11.8 Å². The normalized spacial score (nSPS) is 20.3. The Bertz CT molecular complexity index is 1260. The molecule has 4 aromatic rings. The van der Waals surface area contributed by atoms with Gasteiger partial charge in [0.15, 0.2) is 0 Å². The van der Waals surface area contributed by atoms with Gasteiger partial charge in [0.1, 0.15) is 5.69 Å². The minimum absolute atomic E-state index is 0.156. The topological polar surface area (TPSA) is 86.5 Å². The highest BCUT2D eigenvalue weighted by atomic mass is 16.2. The molecule has 6 heteroatoms. The maximum Gasteiger partial charge on any atom is 0.268 e. The van der Waals surface area contributed by atoms with Crippen LogP contribution in [0.4, 0.5) is 0 Å². The highest BCUT2D eigenvalue weighted by Gasteiger charge is 2.54. The monoisotopic (exact) mass is 381 g/mol. The number of hydrogen-bond acceptors (Lipinski definition) is 3. The molecule has 1 amide bonds. The molecule has 2 aromatic heterocycles. The van der Waals surface area contributed by atoms with Gasteiger partial charge >= 0.3 is 0 Å². The van der Waals surface area contributed by atoms with Crippen molar-refractivity contribution in [2.24, 2.45) is 5.92 Å². The first kappa shape index (κ1) is 17.3. The molecule has 0 aliphatic heterocycles. The maximum atomic E-state index is 13.0. The molecule has 2 atom stereocenters. The van der Waals surface area contributed by atoms with Gasteiger partial charge in [-0.25, -0.2) is 4.68 Å². The number of nitrogens with one attached hydrogen (secondary N) is 2. The van der Waals surface area contributed by atoms with E-state index in [1.165, 1.54) is 0 Å². The summed E-state index contributed by atoms with van der Waals surface area (Å²) < 4.78 is 1.83. The van der Waals surface area contributed by atoms with Crippen LogP contribution in [0.15, 0.2) is 67.0 Å². The zero-order chi connectivity index (χ0) is 20.0. The van der Waals surface area contributed by atoms with E-state index in [1.54, 1.807) is 18.2 Å². The summed E-state index contributed by atoms with van der Waals surface area (Å²) in [5.41, 5.74) is 3.48. The number of benzene rings is 2. The van der Waals surface area contributed by atoms with E-state index < -0.39 is 5.54 Å². The summed E-state index contributed by atoms with van der Waals surface area (Å²) in [4.78, 5) is 16.1. The first-order chi connectivity index (χ1) is 14.1. The number of para-hydroxylation sites is 1. The van der Waals surface area contributed by atoms with E-state index in [9.17, 15) is 4.79 Å². The lowest BCUT2D eigenvalue weighted by Gasteiger charge is -2.17. The van der Waals surface area contributed by atoms with Crippen LogP contribution in [-0.4, -0.2) is 20.7 Å². The standard InChI is InChI=1S/C23H19N5O/c1-15-11-23(15,18-13-25-28(14-18)19-5-3-2-4-6-19)27-22(29)21-10-17-9-16(12-24)7-8-20(17)26-21/h2-10,13-15,26H,11H2,1H3,(H,27,29). The fraction of sp³-hybridized carbons (Fsp3) is 0.174. The summed E-state index contributed by atoms with van der Waals surface area (Å²) >= 11 is 0. The number of rotatable bonds is 4. The largest absolute Gasteiger partial charge is 0.351 e. The van der Waals surface area contributed by atoms with Crippen molar-refractivity contribution in [3.63, 3.8) is 0 Å². The Morgan fingerprint density at radius 2 is 2.07 bits per heavy atom. The summed E-state index contributed by atoms with van der Waals surface area (Å²) in [7, 11) is 0. The molecule has 0 spiro atoms. The van der Waals surface area contributed by atoms with Crippen molar-refractivity contribution in [2.75, 3.05) is 0 Å². The van der Waals surface area contributed by atoms with Crippen LogP contribution in [0.3, 0.4) is 0 Å². The fourth-order valence-corrected chi connectivity index (χ4v) is 3.94. The van der Waals surface area contributed by atoms with Crippen LogP contribution >= 0.6 is 0 Å².